The Balaban J connectivity index is 1.64. The van der Waals surface area contributed by atoms with Gasteiger partial charge in [-0.1, -0.05) is 13.8 Å². The van der Waals surface area contributed by atoms with Crippen molar-refractivity contribution in [2.24, 2.45) is 11.1 Å². The van der Waals surface area contributed by atoms with Gasteiger partial charge in [0.2, 0.25) is 5.91 Å². The predicted molar refractivity (Wildman–Crippen MR) is 104 cm³/mol. The van der Waals surface area contributed by atoms with E-state index in [-0.39, 0.29) is 23.7 Å². The summed E-state index contributed by atoms with van der Waals surface area (Å²) in [7, 11) is 0. The van der Waals surface area contributed by atoms with Gasteiger partial charge in [-0.15, -0.1) is 0 Å². The maximum absolute atomic E-state index is 13.2. The summed E-state index contributed by atoms with van der Waals surface area (Å²) < 4.78 is 18.8. The zero-order valence-corrected chi connectivity index (χ0v) is 16.9. The van der Waals surface area contributed by atoms with Gasteiger partial charge in [0.15, 0.2) is 0 Å². The Morgan fingerprint density at radius 3 is 2.36 bits per heavy atom. The summed E-state index contributed by atoms with van der Waals surface area (Å²) >= 11 is 0. The molecule has 6 nitrogen and oxygen atoms in total. The fourth-order valence-electron chi connectivity index (χ4n) is 4.18. The number of hydrogen-bond acceptors (Lipinski definition) is 4. The summed E-state index contributed by atoms with van der Waals surface area (Å²) in [6, 6.07) is 5.55. The second-order valence-electron chi connectivity index (χ2n) is 8.29. The summed E-state index contributed by atoms with van der Waals surface area (Å²) in [6.45, 7) is 8.52. The summed E-state index contributed by atoms with van der Waals surface area (Å²) in [5.41, 5.74) is 5.62. The molecule has 2 atom stereocenters. The Morgan fingerprint density at radius 1 is 1.14 bits per heavy atom. The summed E-state index contributed by atoms with van der Waals surface area (Å²) in [4.78, 5) is 29.4. The van der Waals surface area contributed by atoms with Crippen LogP contribution in [0, 0.1) is 11.2 Å². The largest absolute Gasteiger partial charge is 0.378 e. The van der Waals surface area contributed by atoms with Crippen molar-refractivity contribution < 1.29 is 18.7 Å². The number of amides is 2. The van der Waals surface area contributed by atoms with Crippen molar-refractivity contribution in [3.05, 3.63) is 35.6 Å². The van der Waals surface area contributed by atoms with Crippen LogP contribution in [0.4, 0.5) is 4.39 Å². The number of halogens is 1. The normalized spacial score (nSPS) is 27.1. The standard InChI is InChI=1S/C21H30FN3O3/c1-4-28-17-14-21(23,20(17,2)3)19(27)25-11-5-10-24(12-13-25)18(26)15-6-8-16(22)9-7-15/h6-9,17H,4-5,10-14,23H2,1-3H3. The molecule has 1 aromatic carbocycles. The first-order valence-electron chi connectivity index (χ1n) is 9.95. The molecule has 0 aromatic heterocycles. The molecule has 2 unspecified atom stereocenters. The molecule has 0 bridgehead atoms. The molecule has 1 saturated carbocycles. The van der Waals surface area contributed by atoms with E-state index >= 15 is 0 Å². The predicted octanol–water partition coefficient (Wildman–Crippen LogP) is 2.03. The Kier molecular flexibility index (Phi) is 5.77. The minimum atomic E-state index is -0.941. The van der Waals surface area contributed by atoms with Crippen molar-refractivity contribution in [3.8, 4) is 0 Å². The van der Waals surface area contributed by atoms with Crippen LogP contribution in [0.2, 0.25) is 0 Å². The third-order valence-electron chi connectivity index (χ3n) is 6.37. The van der Waals surface area contributed by atoms with E-state index in [1.165, 1.54) is 24.3 Å². The lowest BCUT2D eigenvalue weighted by Gasteiger charge is -2.58. The van der Waals surface area contributed by atoms with Gasteiger partial charge in [-0.25, -0.2) is 4.39 Å². The zero-order valence-electron chi connectivity index (χ0n) is 16.9. The smallest absolute Gasteiger partial charge is 0.253 e. The van der Waals surface area contributed by atoms with Crippen LogP contribution in [-0.2, 0) is 9.53 Å². The van der Waals surface area contributed by atoms with Crippen LogP contribution in [0.1, 0.15) is 44.0 Å². The van der Waals surface area contributed by atoms with E-state index in [2.05, 4.69) is 0 Å². The van der Waals surface area contributed by atoms with Gasteiger partial charge in [0, 0.05) is 50.2 Å². The molecule has 0 spiro atoms. The van der Waals surface area contributed by atoms with Gasteiger partial charge in [0.25, 0.3) is 5.91 Å². The molecule has 1 heterocycles. The fraction of sp³-hybridized carbons (Fsp3) is 0.619. The Hall–Kier alpha value is -1.99. The van der Waals surface area contributed by atoms with E-state index in [1.54, 1.807) is 9.80 Å². The molecule has 154 valence electrons. The Labute approximate surface area is 165 Å². The highest BCUT2D eigenvalue weighted by molar-refractivity contribution is 5.94. The van der Waals surface area contributed by atoms with Crippen molar-refractivity contribution in [1.29, 1.82) is 0 Å². The molecular formula is C21H30FN3O3. The quantitative estimate of drug-likeness (QED) is 0.852. The SMILES string of the molecule is CCOC1CC(N)(C(=O)N2CCCN(C(=O)c3ccc(F)cc3)CC2)C1(C)C. The van der Waals surface area contributed by atoms with Gasteiger partial charge in [0.1, 0.15) is 11.4 Å². The van der Waals surface area contributed by atoms with Crippen molar-refractivity contribution in [3.63, 3.8) is 0 Å². The second kappa shape index (κ2) is 7.79. The van der Waals surface area contributed by atoms with Crippen LogP contribution >= 0.6 is 0 Å². The zero-order chi connectivity index (χ0) is 20.5. The molecule has 0 radical (unpaired) electrons. The monoisotopic (exact) mass is 391 g/mol. The number of carbonyl (C=O) groups excluding carboxylic acids is 2. The maximum atomic E-state index is 13.2. The van der Waals surface area contributed by atoms with E-state index in [4.69, 9.17) is 10.5 Å². The number of rotatable bonds is 4. The van der Waals surface area contributed by atoms with Gasteiger partial charge in [-0.3, -0.25) is 9.59 Å². The fourth-order valence-corrected chi connectivity index (χ4v) is 4.18. The summed E-state index contributed by atoms with van der Waals surface area (Å²) in [6.07, 6.45) is 1.18. The van der Waals surface area contributed by atoms with Crippen molar-refractivity contribution in [2.45, 2.75) is 45.3 Å². The number of ether oxygens (including phenoxy) is 1. The Morgan fingerprint density at radius 2 is 1.75 bits per heavy atom. The van der Waals surface area contributed by atoms with Crippen LogP contribution < -0.4 is 5.73 Å². The Bertz CT molecular complexity index is 737. The molecule has 1 aliphatic heterocycles. The lowest BCUT2D eigenvalue weighted by molar-refractivity contribution is -0.179. The van der Waals surface area contributed by atoms with E-state index in [1.807, 2.05) is 20.8 Å². The summed E-state index contributed by atoms with van der Waals surface area (Å²) in [5, 5.41) is 0. The van der Waals surface area contributed by atoms with Crippen LogP contribution in [0.15, 0.2) is 24.3 Å². The highest BCUT2D eigenvalue weighted by Gasteiger charge is 2.63. The van der Waals surface area contributed by atoms with Crippen molar-refractivity contribution in [1.82, 2.24) is 9.80 Å². The van der Waals surface area contributed by atoms with Crippen molar-refractivity contribution in [2.75, 3.05) is 32.8 Å². The van der Waals surface area contributed by atoms with Crippen molar-refractivity contribution >= 4 is 11.8 Å². The average molecular weight is 391 g/mol. The lowest BCUT2D eigenvalue weighted by atomic mass is 9.54. The van der Waals surface area contributed by atoms with Gasteiger partial charge in [0.05, 0.1) is 6.10 Å². The minimum absolute atomic E-state index is 0.0185. The van der Waals surface area contributed by atoms with Gasteiger partial charge >= 0.3 is 0 Å². The molecular weight excluding hydrogens is 361 g/mol. The molecule has 2 N–H and O–H groups in total. The molecule has 7 heteroatoms. The van der Waals surface area contributed by atoms with Crippen LogP contribution in [0.25, 0.3) is 0 Å². The molecule has 2 fully saturated rings. The molecule has 2 amide bonds. The summed E-state index contributed by atoms with van der Waals surface area (Å²) in [5.74, 6) is -0.576. The number of hydrogen-bond donors (Lipinski definition) is 1. The minimum Gasteiger partial charge on any atom is -0.378 e. The first-order valence-corrected chi connectivity index (χ1v) is 9.95. The number of benzene rings is 1. The molecule has 1 aliphatic carbocycles. The number of nitrogens with two attached hydrogens (primary N) is 1. The third-order valence-corrected chi connectivity index (χ3v) is 6.37. The third kappa shape index (κ3) is 3.53. The van der Waals surface area contributed by atoms with Crippen LogP contribution in [0.3, 0.4) is 0 Å². The first-order chi connectivity index (χ1) is 13.2. The van der Waals surface area contributed by atoms with E-state index < -0.39 is 11.0 Å². The highest BCUT2D eigenvalue weighted by atomic mass is 19.1. The number of carbonyl (C=O) groups is 2. The molecule has 1 saturated heterocycles. The van der Waals surface area contributed by atoms with E-state index in [0.717, 1.165) is 0 Å². The van der Waals surface area contributed by atoms with E-state index in [0.29, 0.717) is 51.2 Å². The molecule has 1 aromatic rings. The average Bonchev–Trinajstić information content (AvgIpc) is 2.93. The maximum Gasteiger partial charge on any atom is 0.253 e. The van der Waals surface area contributed by atoms with Crippen LogP contribution in [-0.4, -0.2) is 66.0 Å². The highest BCUT2D eigenvalue weighted by Crippen LogP contribution is 2.50. The van der Waals surface area contributed by atoms with Gasteiger partial charge in [-0.05, 0) is 37.6 Å². The number of nitrogens with zero attached hydrogens (tertiary/aromatic N) is 2. The lowest BCUT2D eigenvalue weighted by Crippen LogP contribution is -2.76. The van der Waals surface area contributed by atoms with Crippen LogP contribution in [0.5, 0.6) is 0 Å². The second-order valence-corrected chi connectivity index (χ2v) is 8.29. The molecule has 2 aliphatic rings. The van der Waals surface area contributed by atoms with Gasteiger partial charge < -0.3 is 20.3 Å². The topological polar surface area (TPSA) is 75.9 Å². The molecule has 28 heavy (non-hydrogen) atoms. The molecule has 3 rings (SSSR count). The van der Waals surface area contributed by atoms with Gasteiger partial charge in [-0.2, -0.15) is 0 Å². The first kappa shape index (κ1) is 20.7. The van der Waals surface area contributed by atoms with E-state index in [9.17, 15) is 14.0 Å².